The van der Waals surface area contributed by atoms with Crippen LogP contribution in [0.3, 0.4) is 0 Å². The molecule has 1 aromatic heterocycles. The van der Waals surface area contributed by atoms with Gasteiger partial charge in [0.25, 0.3) is 5.91 Å². The van der Waals surface area contributed by atoms with E-state index in [1.54, 1.807) is 6.20 Å². The van der Waals surface area contributed by atoms with Gasteiger partial charge in [0.05, 0.1) is 11.2 Å². The van der Waals surface area contributed by atoms with E-state index in [9.17, 15) is 4.79 Å². The van der Waals surface area contributed by atoms with Gasteiger partial charge in [-0.15, -0.1) is 0 Å². The highest BCUT2D eigenvalue weighted by atomic mass is 35.5. The van der Waals surface area contributed by atoms with E-state index in [-0.39, 0.29) is 11.8 Å². The first kappa shape index (κ1) is 16.2. The zero-order valence-electron chi connectivity index (χ0n) is 13.3. The third-order valence-corrected chi connectivity index (χ3v) is 4.39. The van der Waals surface area contributed by atoms with Gasteiger partial charge in [0, 0.05) is 19.0 Å². The number of carbonyl (C=O) groups excluding carboxylic acids is 1. The number of hydrogen-bond acceptors (Lipinski definition) is 3. The second-order valence-corrected chi connectivity index (χ2v) is 7.30. The van der Waals surface area contributed by atoms with Gasteiger partial charge in [0.1, 0.15) is 5.82 Å². The van der Waals surface area contributed by atoms with Crippen LogP contribution in [0.15, 0.2) is 6.20 Å². The summed E-state index contributed by atoms with van der Waals surface area (Å²) in [5, 5.41) is 0.341. The second kappa shape index (κ2) is 6.30. The average molecular weight is 310 g/mol. The summed E-state index contributed by atoms with van der Waals surface area (Å²) in [6.07, 6.45) is 4.72. The van der Waals surface area contributed by atoms with Crippen LogP contribution in [0, 0.1) is 5.41 Å². The summed E-state index contributed by atoms with van der Waals surface area (Å²) in [6, 6.07) is 0. The van der Waals surface area contributed by atoms with Crippen LogP contribution in [0.4, 0.5) is 0 Å². The molecular weight excluding hydrogens is 286 g/mol. The quantitative estimate of drug-likeness (QED) is 0.832. The Morgan fingerprint density at radius 3 is 2.71 bits per heavy atom. The molecule has 0 spiro atoms. The number of likely N-dealkylation sites (tertiary alicyclic amines) is 1. The molecule has 0 bridgehead atoms. The summed E-state index contributed by atoms with van der Waals surface area (Å²) >= 11 is 6.14. The maximum Gasteiger partial charge on any atom is 0.274 e. The standard InChI is InChI=1S/C16H24ClN3O/c1-11(2)14-18-10-12(17)13(19-14)15(21)20-8-5-6-16(3,4)7-9-20/h10-11H,5-9H2,1-4H3. The van der Waals surface area contributed by atoms with Crippen molar-refractivity contribution in [3.63, 3.8) is 0 Å². The molecule has 1 aliphatic heterocycles. The van der Waals surface area contributed by atoms with Crippen molar-refractivity contribution in [3.05, 3.63) is 22.7 Å². The van der Waals surface area contributed by atoms with E-state index in [0.29, 0.717) is 22.0 Å². The van der Waals surface area contributed by atoms with Gasteiger partial charge in [0.2, 0.25) is 0 Å². The normalized spacial score (nSPS) is 18.7. The Labute approximate surface area is 131 Å². The molecule has 0 aromatic carbocycles. The highest BCUT2D eigenvalue weighted by Gasteiger charge is 2.27. The lowest BCUT2D eigenvalue weighted by molar-refractivity contribution is 0.0751. The molecular formula is C16H24ClN3O. The zero-order chi connectivity index (χ0) is 15.6. The van der Waals surface area contributed by atoms with Crippen molar-refractivity contribution in [2.45, 2.75) is 52.9 Å². The minimum Gasteiger partial charge on any atom is -0.337 e. The maximum absolute atomic E-state index is 12.7. The van der Waals surface area contributed by atoms with Crippen LogP contribution < -0.4 is 0 Å². The number of rotatable bonds is 2. The van der Waals surface area contributed by atoms with Crippen molar-refractivity contribution in [1.82, 2.24) is 14.9 Å². The predicted molar refractivity (Wildman–Crippen MR) is 84.7 cm³/mol. The van der Waals surface area contributed by atoms with Gasteiger partial charge in [-0.2, -0.15) is 0 Å². The Bertz CT molecular complexity index is 528. The summed E-state index contributed by atoms with van der Waals surface area (Å²) in [5.74, 6) is 0.775. The minimum absolute atomic E-state index is 0.0676. The van der Waals surface area contributed by atoms with Gasteiger partial charge in [-0.1, -0.05) is 39.3 Å². The zero-order valence-corrected chi connectivity index (χ0v) is 14.1. The second-order valence-electron chi connectivity index (χ2n) is 6.89. The SMILES string of the molecule is CC(C)c1ncc(Cl)c(C(=O)N2CCCC(C)(C)CC2)n1. The summed E-state index contributed by atoms with van der Waals surface area (Å²) < 4.78 is 0. The molecule has 1 amide bonds. The molecule has 0 aliphatic carbocycles. The van der Waals surface area contributed by atoms with Gasteiger partial charge >= 0.3 is 0 Å². The molecule has 1 saturated heterocycles. The number of aromatic nitrogens is 2. The van der Waals surface area contributed by atoms with E-state index >= 15 is 0 Å². The third kappa shape index (κ3) is 3.94. The van der Waals surface area contributed by atoms with Crippen LogP contribution in [-0.2, 0) is 0 Å². The lowest BCUT2D eigenvalue weighted by Gasteiger charge is -2.23. The van der Waals surface area contributed by atoms with Crippen LogP contribution >= 0.6 is 11.6 Å². The Kier molecular flexibility index (Phi) is 4.87. The molecule has 0 radical (unpaired) electrons. The van der Waals surface area contributed by atoms with Crippen molar-refractivity contribution >= 4 is 17.5 Å². The van der Waals surface area contributed by atoms with Crippen molar-refractivity contribution in [2.24, 2.45) is 5.41 Å². The Morgan fingerprint density at radius 1 is 1.33 bits per heavy atom. The van der Waals surface area contributed by atoms with E-state index in [2.05, 4.69) is 23.8 Å². The smallest absolute Gasteiger partial charge is 0.274 e. The molecule has 1 fully saturated rings. The van der Waals surface area contributed by atoms with E-state index in [1.807, 2.05) is 18.7 Å². The lowest BCUT2D eigenvalue weighted by atomic mass is 9.85. The molecule has 0 saturated carbocycles. The molecule has 0 N–H and O–H groups in total. The summed E-state index contributed by atoms with van der Waals surface area (Å²) in [4.78, 5) is 23.2. The minimum atomic E-state index is -0.0676. The van der Waals surface area contributed by atoms with Crippen molar-refractivity contribution < 1.29 is 4.79 Å². The molecule has 2 rings (SSSR count). The lowest BCUT2D eigenvalue weighted by Crippen LogP contribution is -2.33. The first-order chi connectivity index (χ1) is 9.80. The topological polar surface area (TPSA) is 46.1 Å². The fraction of sp³-hybridized carbons (Fsp3) is 0.688. The van der Waals surface area contributed by atoms with Crippen LogP contribution in [0.25, 0.3) is 0 Å². The van der Waals surface area contributed by atoms with Gasteiger partial charge < -0.3 is 4.90 Å². The van der Waals surface area contributed by atoms with Gasteiger partial charge in [0.15, 0.2) is 5.69 Å². The number of nitrogens with zero attached hydrogens (tertiary/aromatic N) is 3. The largest absolute Gasteiger partial charge is 0.337 e. The third-order valence-electron chi connectivity index (χ3n) is 4.11. The predicted octanol–water partition coefficient (Wildman–Crippen LogP) is 3.91. The van der Waals surface area contributed by atoms with E-state index in [4.69, 9.17) is 11.6 Å². The highest BCUT2D eigenvalue weighted by Crippen LogP contribution is 2.30. The molecule has 4 nitrogen and oxygen atoms in total. The number of halogens is 1. The first-order valence-corrected chi connectivity index (χ1v) is 8.00. The molecule has 116 valence electrons. The monoisotopic (exact) mass is 309 g/mol. The maximum atomic E-state index is 12.7. The molecule has 5 heteroatoms. The van der Waals surface area contributed by atoms with Crippen LogP contribution in [0.2, 0.25) is 5.02 Å². The van der Waals surface area contributed by atoms with Crippen molar-refractivity contribution in [1.29, 1.82) is 0 Å². The summed E-state index contributed by atoms with van der Waals surface area (Å²) in [7, 11) is 0. The van der Waals surface area contributed by atoms with Gasteiger partial charge in [-0.3, -0.25) is 4.79 Å². The Balaban J connectivity index is 2.21. The summed E-state index contributed by atoms with van der Waals surface area (Å²) in [6.45, 7) is 10.1. The number of carbonyl (C=O) groups is 1. The molecule has 0 unspecified atom stereocenters. The number of amides is 1. The van der Waals surface area contributed by atoms with Crippen molar-refractivity contribution in [3.8, 4) is 0 Å². The van der Waals surface area contributed by atoms with Crippen LogP contribution in [-0.4, -0.2) is 33.9 Å². The Morgan fingerprint density at radius 2 is 2.05 bits per heavy atom. The first-order valence-electron chi connectivity index (χ1n) is 7.62. The molecule has 1 aliphatic rings. The van der Waals surface area contributed by atoms with Gasteiger partial charge in [-0.25, -0.2) is 9.97 Å². The van der Waals surface area contributed by atoms with Crippen molar-refractivity contribution in [2.75, 3.05) is 13.1 Å². The molecule has 1 aromatic rings. The van der Waals surface area contributed by atoms with Crippen LogP contribution in [0.5, 0.6) is 0 Å². The number of hydrogen-bond donors (Lipinski definition) is 0. The molecule has 0 atom stereocenters. The van der Waals surface area contributed by atoms with E-state index in [1.165, 1.54) is 0 Å². The average Bonchev–Trinajstić information content (AvgIpc) is 2.59. The fourth-order valence-electron chi connectivity index (χ4n) is 2.58. The highest BCUT2D eigenvalue weighted by molar-refractivity contribution is 6.33. The van der Waals surface area contributed by atoms with E-state index < -0.39 is 0 Å². The Hall–Kier alpha value is -1.16. The molecule has 2 heterocycles. The van der Waals surface area contributed by atoms with E-state index in [0.717, 1.165) is 32.4 Å². The summed E-state index contributed by atoms with van der Waals surface area (Å²) in [5.41, 5.74) is 0.642. The molecule has 21 heavy (non-hydrogen) atoms. The fourth-order valence-corrected chi connectivity index (χ4v) is 2.76. The van der Waals surface area contributed by atoms with Gasteiger partial charge in [-0.05, 0) is 24.7 Å². The van der Waals surface area contributed by atoms with Crippen LogP contribution in [0.1, 0.15) is 69.2 Å².